The number of aliphatic hydroxyl groups excluding tert-OH is 1. The third-order valence-electron chi connectivity index (χ3n) is 4.12. The highest BCUT2D eigenvalue weighted by Gasteiger charge is 2.53. The molecule has 6 nitrogen and oxygen atoms in total. The van der Waals surface area contributed by atoms with Crippen molar-refractivity contribution >= 4 is 11.9 Å². The van der Waals surface area contributed by atoms with Gasteiger partial charge in [-0.2, -0.15) is 0 Å². The minimum Gasteiger partial charge on any atom is -0.481 e. The molecule has 0 aromatic heterocycles. The standard InChI is InChI=1S/C13H18O6/c14-3-4-19-6-9(12(15)16)10-7-1-2-8(5-7)11(10)13(17)18/h1-2,7-11,14H,3-6H2,(H,15,16)(H,17,18). The first kappa shape index (κ1) is 14.0. The van der Waals surface area contributed by atoms with Crippen LogP contribution < -0.4 is 0 Å². The van der Waals surface area contributed by atoms with Crippen molar-refractivity contribution in [3.8, 4) is 0 Å². The Labute approximate surface area is 110 Å². The smallest absolute Gasteiger partial charge is 0.309 e. The van der Waals surface area contributed by atoms with Crippen molar-refractivity contribution in [3.05, 3.63) is 12.2 Å². The third kappa shape index (κ3) is 2.64. The van der Waals surface area contributed by atoms with Crippen molar-refractivity contribution in [2.75, 3.05) is 19.8 Å². The average molecular weight is 270 g/mol. The number of rotatable bonds is 7. The topological polar surface area (TPSA) is 104 Å². The van der Waals surface area contributed by atoms with Crippen molar-refractivity contribution in [2.24, 2.45) is 29.6 Å². The predicted molar refractivity (Wildman–Crippen MR) is 64.4 cm³/mol. The third-order valence-corrected chi connectivity index (χ3v) is 4.12. The van der Waals surface area contributed by atoms with Crippen molar-refractivity contribution in [2.45, 2.75) is 6.42 Å². The Bertz CT molecular complexity index is 391. The normalized spacial score (nSPS) is 33.5. The van der Waals surface area contributed by atoms with Crippen LogP contribution in [0.3, 0.4) is 0 Å². The van der Waals surface area contributed by atoms with E-state index in [9.17, 15) is 19.8 Å². The van der Waals surface area contributed by atoms with Gasteiger partial charge in [0, 0.05) is 0 Å². The maximum Gasteiger partial charge on any atom is 0.309 e. The molecular weight excluding hydrogens is 252 g/mol. The number of carboxylic acid groups (broad SMARTS) is 2. The molecular formula is C13H18O6. The monoisotopic (exact) mass is 270 g/mol. The molecule has 2 bridgehead atoms. The van der Waals surface area contributed by atoms with Gasteiger partial charge in [-0.05, 0) is 24.2 Å². The van der Waals surface area contributed by atoms with Gasteiger partial charge in [-0.3, -0.25) is 9.59 Å². The van der Waals surface area contributed by atoms with E-state index in [0.717, 1.165) is 0 Å². The summed E-state index contributed by atoms with van der Waals surface area (Å²) in [4.78, 5) is 22.7. The second kappa shape index (κ2) is 5.71. The molecule has 1 saturated carbocycles. The van der Waals surface area contributed by atoms with Crippen LogP contribution in [-0.4, -0.2) is 47.1 Å². The fraction of sp³-hybridized carbons (Fsp3) is 0.692. The lowest BCUT2D eigenvalue weighted by Gasteiger charge is -2.29. The van der Waals surface area contributed by atoms with Crippen LogP contribution in [0.15, 0.2) is 12.2 Å². The molecule has 0 radical (unpaired) electrons. The van der Waals surface area contributed by atoms with Crippen LogP contribution in [0.2, 0.25) is 0 Å². The van der Waals surface area contributed by atoms with Crippen molar-refractivity contribution in [1.29, 1.82) is 0 Å². The lowest BCUT2D eigenvalue weighted by molar-refractivity contribution is -0.152. The number of hydrogen-bond acceptors (Lipinski definition) is 4. The van der Waals surface area contributed by atoms with Gasteiger partial charge in [-0.25, -0.2) is 0 Å². The Hall–Kier alpha value is -1.40. The van der Waals surface area contributed by atoms with Gasteiger partial charge in [-0.15, -0.1) is 0 Å². The maximum absolute atomic E-state index is 11.4. The maximum atomic E-state index is 11.4. The summed E-state index contributed by atoms with van der Waals surface area (Å²) < 4.78 is 5.11. The molecule has 0 spiro atoms. The van der Waals surface area contributed by atoms with Crippen LogP contribution >= 0.6 is 0 Å². The van der Waals surface area contributed by atoms with E-state index in [0.29, 0.717) is 6.42 Å². The van der Waals surface area contributed by atoms with E-state index in [-0.39, 0.29) is 31.7 Å². The van der Waals surface area contributed by atoms with E-state index in [1.807, 2.05) is 12.2 Å². The van der Waals surface area contributed by atoms with Crippen LogP contribution in [0.1, 0.15) is 6.42 Å². The summed E-state index contributed by atoms with van der Waals surface area (Å²) in [5.41, 5.74) is 0. The Kier molecular flexibility index (Phi) is 4.21. The van der Waals surface area contributed by atoms with Crippen LogP contribution in [0.4, 0.5) is 0 Å². The Morgan fingerprint density at radius 2 is 1.95 bits per heavy atom. The zero-order chi connectivity index (χ0) is 14.0. The zero-order valence-electron chi connectivity index (χ0n) is 10.4. The van der Waals surface area contributed by atoms with E-state index in [1.54, 1.807) is 0 Å². The number of ether oxygens (including phenoxy) is 1. The molecule has 5 atom stereocenters. The lowest BCUT2D eigenvalue weighted by Crippen LogP contribution is -2.38. The summed E-state index contributed by atoms with van der Waals surface area (Å²) in [5, 5.41) is 27.3. The van der Waals surface area contributed by atoms with E-state index in [4.69, 9.17) is 9.84 Å². The summed E-state index contributed by atoms with van der Waals surface area (Å²) in [6, 6.07) is 0. The molecule has 2 aliphatic rings. The van der Waals surface area contributed by atoms with Crippen molar-refractivity contribution in [3.63, 3.8) is 0 Å². The highest BCUT2D eigenvalue weighted by Crippen LogP contribution is 2.51. The molecule has 3 N–H and O–H groups in total. The van der Waals surface area contributed by atoms with Crippen LogP contribution in [0.5, 0.6) is 0 Å². The summed E-state index contributed by atoms with van der Waals surface area (Å²) in [5.74, 6) is -3.94. The molecule has 19 heavy (non-hydrogen) atoms. The minimum atomic E-state index is -1.03. The van der Waals surface area contributed by atoms with Crippen LogP contribution in [0.25, 0.3) is 0 Å². The minimum absolute atomic E-state index is 0.00456. The highest BCUT2D eigenvalue weighted by atomic mass is 16.5. The average Bonchev–Trinajstić information content (AvgIpc) is 2.94. The largest absolute Gasteiger partial charge is 0.481 e. The summed E-state index contributed by atoms with van der Waals surface area (Å²) in [6.07, 6.45) is 4.52. The van der Waals surface area contributed by atoms with Gasteiger partial charge in [-0.1, -0.05) is 12.2 Å². The fourth-order valence-corrected chi connectivity index (χ4v) is 3.38. The molecule has 1 fully saturated rings. The summed E-state index contributed by atoms with van der Waals surface area (Å²) >= 11 is 0. The van der Waals surface area contributed by atoms with Crippen LogP contribution in [0, 0.1) is 29.6 Å². The summed E-state index contributed by atoms with van der Waals surface area (Å²) in [6.45, 7) is -0.162. The van der Waals surface area contributed by atoms with E-state index < -0.39 is 29.7 Å². The predicted octanol–water partition coefficient (Wildman–Crippen LogP) is 0.219. The molecule has 2 aliphatic carbocycles. The molecule has 0 aromatic rings. The number of carboxylic acids is 2. The lowest BCUT2D eigenvalue weighted by atomic mass is 9.75. The van der Waals surface area contributed by atoms with Gasteiger partial charge in [0.05, 0.1) is 31.7 Å². The van der Waals surface area contributed by atoms with Gasteiger partial charge >= 0.3 is 11.9 Å². The van der Waals surface area contributed by atoms with E-state index in [2.05, 4.69) is 0 Å². The molecule has 0 aliphatic heterocycles. The fourth-order valence-electron chi connectivity index (χ4n) is 3.38. The number of carbonyl (C=O) groups is 2. The zero-order valence-corrected chi connectivity index (χ0v) is 10.4. The molecule has 0 amide bonds. The highest BCUT2D eigenvalue weighted by molar-refractivity contribution is 5.76. The molecule has 2 rings (SSSR count). The SMILES string of the molecule is O=C(O)C(COCCO)C1C2C=CC(C2)C1C(=O)O. The molecule has 5 unspecified atom stereocenters. The van der Waals surface area contributed by atoms with Gasteiger partial charge in [0.1, 0.15) is 0 Å². The van der Waals surface area contributed by atoms with Crippen LogP contribution in [-0.2, 0) is 14.3 Å². The number of aliphatic carboxylic acids is 2. The molecule has 6 heteroatoms. The number of fused-ring (bicyclic) bond motifs is 2. The second-order valence-corrected chi connectivity index (χ2v) is 5.13. The van der Waals surface area contributed by atoms with Gasteiger partial charge in [0.25, 0.3) is 0 Å². The Morgan fingerprint density at radius 3 is 2.53 bits per heavy atom. The Morgan fingerprint density at radius 1 is 1.26 bits per heavy atom. The summed E-state index contributed by atoms with van der Waals surface area (Å²) in [7, 11) is 0. The van der Waals surface area contributed by atoms with Gasteiger partial charge in [0.15, 0.2) is 0 Å². The van der Waals surface area contributed by atoms with Gasteiger partial charge in [0.2, 0.25) is 0 Å². The molecule has 106 valence electrons. The second-order valence-electron chi connectivity index (χ2n) is 5.13. The first-order chi connectivity index (χ1) is 9.06. The molecule has 0 saturated heterocycles. The van der Waals surface area contributed by atoms with E-state index in [1.165, 1.54) is 0 Å². The number of hydrogen-bond donors (Lipinski definition) is 3. The van der Waals surface area contributed by atoms with Crippen molar-refractivity contribution in [1.82, 2.24) is 0 Å². The Balaban J connectivity index is 2.13. The van der Waals surface area contributed by atoms with Gasteiger partial charge < -0.3 is 20.1 Å². The first-order valence-electron chi connectivity index (χ1n) is 6.38. The van der Waals surface area contributed by atoms with Crippen molar-refractivity contribution < 1.29 is 29.6 Å². The molecule has 0 aromatic carbocycles. The first-order valence-corrected chi connectivity index (χ1v) is 6.38. The number of aliphatic hydroxyl groups is 1. The van der Waals surface area contributed by atoms with E-state index >= 15 is 0 Å². The molecule has 0 heterocycles. The number of allylic oxidation sites excluding steroid dienone is 2. The quantitative estimate of drug-likeness (QED) is 0.451.